The number of aryl methyl sites for hydroxylation is 1. The average Bonchev–Trinajstić information content (AvgIpc) is 2.24. The van der Waals surface area contributed by atoms with E-state index in [0.717, 1.165) is 16.9 Å². The molecule has 0 heterocycles. The van der Waals surface area contributed by atoms with E-state index in [1.807, 2.05) is 25.1 Å². The third kappa shape index (κ3) is 4.96. The monoisotopic (exact) mass is 261 g/mol. The molecule has 0 atom stereocenters. The fourth-order valence-corrected chi connectivity index (χ4v) is 1.80. The van der Waals surface area contributed by atoms with E-state index in [1.54, 1.807) is 7.11 Å². The minimum Gasteiger partial charge on any atom is -0.496 e. The SMILES string of the molecule is COc1ccc(C)cc1CCN(C)CC(F)(F)F. The van der Waals surface area contributed by atoms with Gasteiger partial charge in [0.2, 0.25) is 0 Å². The molecule has 0 fully saturated rings. The fourth-order valence-electron chi connectivity index (χ4n) is 1.80. The lowest BCUT2D eigenvalue weighted by Gasteiger charge is -2.19. The van der Waals surface area contributed by atoms with Crippen LogP contribution in [0.5, 0.6) is 5.75 Å². The Kier molecular flexibility index (Phi) is 5.02. The molecule has 0 radical (unpaired) electrons. The number of alkyl halides is 3. The quantitative estimate of drug-likeness (QED) is 0.807. The topological polar surface area (TPSA) is 12.5 Å². The molecule has 0 aliphatic carbocycles. The van der Waals surface area contributed by atoms with Gasteiger partial charge in [0.1, 0.15) is 5.75 Å². The number of likely N-dealkylation sites (N-methyl/N-ethyl adjacent to an activating group) is 1. The molecule has 0 amide bonds. The van der Waals surface area contributed by atoms with Gasteiger partial charge in [-0.3, -0.25) is 4.90 Å². The van der Waals surface area contributed by atoms with E-state index in [9.17, 15) is 13.2 Å². The molecule has 18 heavy (non-hydrogen) atoms. The Morgan fingerprint density at radius 3 is 2.50 bits per heavy atom. The summed E-state index contributed by atoms with van der Waals surface area (Å²) in [5.41, 5.74) is 2.01. The maximum absolute atomic E-state index is 12.2. The van der Waals surface area contributed by atoms with Crippen LogP contribution in [-0.4, -0.2) is 38.3 Å². The largest absolute Gasteiger partial charge is 0.496 e. The second-order valence-electron chi connectivity index (χ2n) is 4.42. The van der Waals surface area contributed by atoms with E-state index in [4.69, 9.17) is 4.74 Å². The molecule has 0 aromatic heterocycles. The summed E-state index contributed by atoms with van der Waals surface area (Å²) in [6.45, 7) is 1.41. The van der Waals surface area contributed by atoms with Crippen LogP contribution >= 0.6 is 0 Å². The molecule has 1 aromatic carbocycles. The molecule has 2 nitrogen and oxygen atoms in total. The van der Waals surface area contributed by atoms with Crippen molar-refractivity contribution >= 4 is 0 Å². The van der Waals surface area contributed by atoms with Crippen molar-refractivity contribution in [2.45, 2.75) is 19.5 Å². The number of rotatable bonds is 5. The first kappa shape index (κ1) is 14.8. The maximum atomic E-state index is 12.2. The number of hydrogen-bond acceptors (Lipinski definition) is 2. The standard InChI is InChI=1S/C13H18F3NO/c1-10-4-5-12(18-3)11(8-10)6-7-17(2)9-13(14,15)16/h4-5,8H,6-7,9H2,1-3H3. The molecule has 0 saturated carbocycles. The number of methoxy groups -OCH3 is 1. The van der Waals surface area contributed by atoms with Crippen LogP contribution in [0.4, 0.5) is 13.2 Å². The zero-order valence-electron chi connectivity index (χ0n) is 10.8. The van der Waals surface area contributed by atoms with Gasteiger partial charge in [0, 0.05) is 6.54 Å². The van der Waals surface area contributed by atoms with Gasteiger partial charge in [0.25, 0.3) is 0 Å². The zero-order chi connectivity index (χ0) is 13.8. The maximum Gasteiger partial charge on any atom is 0.401 e. The third-order valence-electron chi connectivity index (χ3n) is 2.65. The molecule has 0 aliphatic heterocycles. The van der Waals surface area contributed by atoms with E-state index in [-0.39, 0.29) is 0 Å². The first-order chi connectivity index (χ1) is 8.31. The Hall–Kier alpha value is -1.23. The van der Waals surface area contributed by atoms with Crippen LogP contribution in [0, 0.1) is 6.92 Å². The van der Waals surface area contributed by atoms with Gasteiger partial charge in [0.05, 0.1) is 13.7 Å². The second kappa shape index (κ2) is 6.09. The van der Waals surface area contributed by atoms with Gasteiger partial charge in [-0.05, 0) is 32.0 Å². The summed E-state index contributed by atoms with van der Waals surface area (Å²) in [6, 6.07) is 5.70. The van der Waals surface area contributed by atoms with Gasteiger partial charge in [0.15, 0.2) is 0 Å². The summed E-state index contributed by atoms with van der Waals surface area (Å²) >= 11 is 0. The highest BCUT2D eigenvalue weighted by Gasteiger charge is 2.28. The molecule has 5 heteroatoms. The van der Waals surface area contributed by atoms with Gasteiger partial charge in [-0.2, -0.15) is 13.2 Å². The molecule has 0 bridgehead atoms. The van der Waals surface area contributed by atoms with Crippen molar-refractivity contribution in [3.05, 3.63) is 29.3 Å². The van der Waals surface area contributed by atoms with E-state index < -0.39 is 12.7 Å². The molecular formula is C13H18F3NO. The Morgan fingerprint density at radius 2 is 1.94 bits per heavy atom. The highest BCUT2D eigenvalue weighted by molar-refractivity contribution is 5.37. The highest BCUT2D eigenvalue weighted by Crippen LogP contribution is 2.21. The third-order valence-corrected chi connectivity index (χ3v) is 2.65. The fraction of sp³-hybridized carbons (Fsp3) is 0.538. The zero-order valence-corrected chi connectivity index (χ0v) is 10.8. The van der Waals surface area contributed by atoms with E-state index in [0.29, 0.717) is 13.0 Å². The van der Waals surface area contributed by atoms with Gasteiger partial charge in [-0.25, -0.2) is 0 Å². The Morgan fingerprint density at radius 1 is 1.28 bits per heavy atom. The van der Waals surface area contributed by atoms with Crippen molar-refractivity contribution in [2.24, 2.45) is 0 Å². The molecule has 1 rings (SSSR count). The van der Waals surface area contributed by atoms with Crippen LogP contribution in [0.1, 0.15) is 11.1 Å². The van der Waals surface area contributed by atoms with Crippen LogP contribution in [0.25, 0.3) is 0 Å². The lowest BCUT2D eigenvalue weighted by Crippen LogP contribution is -2.32. The first-order valence-corrected chi connectivity index (χ1v) is 5.70. The second-order valence-corrected chi connectivity index (χ2v) is 4.42. The van der Waals surface area contributed by atoms with Crippen molar-refractivity contribution in [2.75, 3.05) is 27.2 Å². The molecule has 102 valence electrons. The number of ether oxygens (including phenoxy) is 1. The highest BCUT2D eigenvalue weighted by atomic mass is 19.4. The van der Waals surface area contributed by atoms with Gasteiger partial charge < -0.3 is 4.74 Å². The molecule has 0 saturated heterocycles. The van der Waals surface area contributed by atoms with Crippen molar-refractivity contribution in [3.8, 4) is 5.75 Å². The van der Waals surface area contributed by atoms with Crippen LogP contribution in [0.2, 0.25) is 0 Å². The summed E-state index contributed by atoms with van der Waals surface area (Å²) < 4.78 is 41.7. The molecule has 0 spiro atoms. The van der Waals surface area contributed by atoms with E-state index in [1.165, 1.54) is 11.9 Å². The first-order valence-electron chi connectivity index (χ1n) is 5.70. The number of benzene rings is 1. The van der Waals surface area contributed by atoms with Crippen LogP contribution in [-0.2, 0) is 6.42 Å². The molecule has 0 aliphatic rings. The van der Waals surface area contributed by atoms with Gasteiger partial charge in [-0.15, -0.1) is 0 Å². The van der Waals surface area contributed by atoms with Crippen molar-refractivity contribution in [1.82, 2.24) is 4.90 Å². The number of hydrogen-bond donors (Lipinski definition) is 0. The number of halogens is 3. The normalized spacial score (nSPS) is 11.9. The van der Waals surface area contributed by atoms with Gasteiger partial charge in [-0.1, -0.05) is 17.7 Å². The van der Waals surface area contributed by atoms with Crippen LogP contribution < -0.4 is 4.74 Å². The van der Waals surface area contributed by atoms with Crippen LogP contribution in [0.15, 0.2) is 18.2 Å². The average molecular weight is 261 g/mol. The lowest BCUT2D eigenvalue weighted by molar-refractivity contribution is -0.142. The number of nitrogens with zero attached hydrogens (tertiary/aromatic N) is 1. The minimum atomic E-state index is -4.15. The van der Waals surface area contributed by atoms with Gasteiger partial charge >= 0.3 is 6.18 Å². The predicted octanol–water partition coefficient (Wildman–Crippen LogP) is 3.04. The predicted molar refractivity (Wildman–Crippen MR) is 65.0 cm³/mol. The van der Waals surface area contributed by atoms with Crippen molar-refractivity contribution in [1.29, 1.82) is 0 Å². The van der Waals surface area contributed by atoms with E-state index in [2.05, 4.69) is 0 Å². The summed E-state index contributed by atoms with van der Waals surface area (Å²) in [4.78, 5) is 1.27. The summed E-state index contributed by atoms with van der Waals surface area (Å²) in [7, 11) is 3.03. The Labute approximate surface area is 105 Å². The summed E-state index contributed by atoms with van der Waals surface area (Å²) in [5, 5.41) is 0. The smallest absolute Gasteiger partial charge is 0.401 e. The summed E-state index contributed by atoms with van der Waals surface area (Å²) in [6.07, 6.45) is -3.61. The Balaban J connectivity index is 2.60. The molecule has 0 N–H and O–H groups in total. The van der Waals surface area contributed by atoms with Crippen molar-refractivity contribution in [3.63, 3.8) is 0 Å². The van der Waals surface area contributed by atoms with Crippen LogP contribution in [0.3, 0.4) is 0 Å². The summed E-state index contributed by atoms with van der Waals surface area (Å²) in [5.74, 6) is 0.723. The molecule has 1 aromatic rings. The lowest BCUT2D eigenvalue weighted by atomic mass is 10.1. The Bertz CT molecular complexity index is 390. The van der Waals surface area contributed by atoms with E-state index >= 15 is 0 Å². The molecular weight excluding hydrogens is 243 g/mol. The minimum absolute atomic E-state index is 0.347. The molecule has 0 unspecified atom stereocenters. The van der Waals surface area contributed by atoms with Crippen molar-refractivity contribution < 1.29 is 17.9 Å².